The van der Waals surface area contributed by atoms with Crippen LogP contribution in [0.4, 0.5) is 0 Å². The van der Waals surface area contributed by atoms with Crippen LogP contribution in [-0.4, -0.2) is 60.8 Å². The molecule has 0 bridgehead atoms. The Bertz CT molecular complexity index is 6800. The van der Waals surface area contributed by atoms with E-state index >= 15 is 0 Å². The molecule has 0 saturated carbocycles. The monoisotopic (exact) mass is 2580 g/mol. The van der Waals surface area contributed by atoms with Crippen molar-refractivity contribution in [3.63, 3.8) is 0 Å². The van der Waals surface area contributed by atoms with Crippen LogP contribution < -0.4 is 63.8 Å². The Labute approximate surface area is 935 Å². The largest absolute Gasteiger partial charge is 0.310 e. The van der Waals surface area contributed by atoms with E-state index in [-0.39, 0.29) is 67.0 Å². The summed E-state index contributed by atoms with van der Waals surface area (Å²) in [6.45, 7) is 42.0. The molecule has 18 rings (SSSR count). The number of pyridine rings is 6. The Morgan fingerprint density at radius 3 is 0.819 bits per heavy atom. The summed E-state index contributed by atoms with van der Waals surface area (Å²) >= 11 is 0. The fourth-order valence-corrected chi connectivity index (χ4v) is 29.3. The summed E-state index contributed by atoms with van der Waals surface area (Å²) in [7, 11) is -10.6. The third-order valence-corrected chi connectivity index (χ3v) is 38.6. The van der Waals surface area contributed by atoms with Gasteiger partial charge >= 0.3 is 0 Å². The molecule has 0 saturated heterocycles. The molecule has 0 aliphatic heterocycles. The topological polar surface area (TPSA) is 111 Å². The molecular weight excluding hydrogens is 2440 g/mol. The van der Waals surface area contributed by atoms with E-state index in [2.05, 4.69) is 252 Å². The molecule has 0 fully saturated rings. The van der Waals surface area contributed by atoms with Gasteiger partial charge in [0.2, 0.25) is 6.71 Å². The van der Waals surface area contributed by atoms with Crippen molar-refractivity contribution in [2.24, 2.45) is 0 Å². The SMILES string of the molecule is CCCCCCc1cc(-c2[c-]ccc(P(=O)(c3ccccc3)c3ccccc3)c2)ncc1[Si](C)(C)C.CCCCCc1cc(-c2[c-]ccc(B(c3c(C)cc(C)cc3C)c3c(C)cc(C)cc3C)c2)ncc1[Si](C)(C)C.CCCCc1cc(-c2[c-]ccc(P(=O)(c3ccccc3)c3ccccc3)c2)ncc1[Si](C)(C)C.[Ir].[Ir].[Ir].[c-]1ccccc1-c1ccccn1.[c-]1ccccc1-c1ccccn1.[c-]1ccccc1-c1ccccn1. The second kappa shape index (κ2) is 58.3. The zero-order valence-corrected chi connectivity index (χ0v) is 102. The zero-order valence-electron chi connectivity index (χ0n) is 89.8. The maximum Gasteiger partial charge on any atom is 0.224 e. The van der Waals surface area contributed by atoms with Gasteiger partial charge in [-0.1, -0.05) is 390 Å². The molecule has 0 atom stereocenters. The van der Waals surface area contributed by atoms with Crippen LogP contribution in [0, 0.1) is 77.9 Å². The maximum absolute atomic E-state index is 14.8. The second-order valence-corrected chi connectivity index (χ2v) is 61.5. The van der Waals surface area contributed by atoms with E-state index in [0.717, 1.165) is 119 Å². The minimum atomic E-state index is -3.04. The van der Waals surface area contributed by atoms with Gasteiger partial charge in [-0.3, -0.25) is 0 Å². The van der Waals surface area contributed by atoms with Crippen LogP contribution >= 0.6 is 14.3 Å². The first kappa shape index (κ1) is 120. The normalized spacial score (nSPS) is 11.1. The molecule has 0 unspecified atom stereocenters. The van der Waals surface area contributed by atoms with Crippen LogP contribution in [0.5, 0.6) is 0 Å². The average Bonchev–Trinajstić information content (AvgIpc) is 0.764. The van der Waals surface area contributed by atoms with Crippen LogP contribution in [0.1, 0.15) is 129 Å². The van der Waals surface area contributed by atoms with E-state index in [4.69, 9.17) is 15.0 Å². The van der Waals surface area contributed by atoms with Crippen LogP contribution in [0.15, 0.2) is 383 Å². The molecule has 0 amide bonds. The first-order chi connectivity index (χ1) is 70.5. The van der Waals surface area contributed by atoms with Crippen molar-refractivity contribution in [3.8, 4) is 67.5 Å². The number of hydrogen-bond acceptors (Lipinski definition) is 8. The fourth-order valence-electron chi connectivity index (χ4n) is 19.1. The van der Waals surface area contributed by atoms with E-state index in [0.29, 0.717) is 0 Å². The van der Waals surface area contributed by atoms with E-state index < -0.39 is 38.5 Å². The predicted molar refractivity (Wildman–Crippen MR) is 634 cm³/mol. The molecule has 18 aromatic rings. The Kier molecular flexibility index (Phi) is 46.8. The molecule has 149 heavy (non-hydrogen) atoms. The number of unbranched alkanes of at least 4 members (excludes halogenated alkanes) is 6. The van der Waals surface area contributed by atoms with Crippen molar-refractivity contribution in [3.05, 3.63) is 469 Å². The minimum Gasteiger partial charge on any atom is -0.310 e. The summed E-state index contributed by atoms with van der Waals surface area (Å²) in [5, 5.41) is 9.35. The number of rotatable bonds is 30. The summed E-state index contributed by atoms with van der Waals surface area (Å²) in [5.74, 6) is 0. The van der Waals surface area contributed by atoms with Crippen molar-refractivity contribution < 1.29 is 69.4 Å². The molecule has 6 heterocycles. The van der Waals surface area contributed by atoms with Crippen molar-refractivity contribution in [2.45, 2.75) is 198 Å². The maximum atomic E-state index is 14.8. The van der Waals surface area contributed by atoms with Gasteiger partial charge < -0.3 is 39.0 Å². The van der Waals surface area contributed by atoms with Gasteiger partial charge in [0.1, 0.15) is 0 Å². The Balaban J connectivity index is 0.000000193. The van der Waals surface area contributed by atoms with E-state index in [1.54, 1.807) is 18.6 Å². The summed E-state index contributed by atoms with van der Waals surface area (Å²) < 4.78 is 29.6. The summed E-state index contributed by atoms with van der Waals surface area (Å²) in [6.07, 6.45) is 26.1. The van der Waals surface area contributed by atoms with Crippen molar-refractivity contribution in [1.29, 1.82) is 0 Å². The molecule has 3 radical (unpaired) electrons. The number of aromatic nitrogens is 6. The van der Waals surface area contributed by atoms with Gasteiger partial charge in [-0.15, -0.1) is 197 Å². The third-order valence-electron chi connectivity index (χ3n) is 26.3. The Morgan fingerprint density at radius 2 is 0.530 bits per heavy atom. The molecule has 12 aromatic carbocycles. The summed E-state index contributed by atoms with van der Waals surface area (Å²) in [6, 6.07) is 135. The first-order valence-electron chi connectivity index (χ1n) is 51.8. The molecule has 0 aliphatic carbocycles. The Hall–Kier alpha value is -11.3. The second-order valence-electron chi connectivity index (χ2n) is 40.9. The van der Waals surface area contributed by atoms with Crippen molar-refractivity contribution in [2.75, 3.05) is 0 Å². The molecule has 17 heteroatoms. The molecule has 6 aromatic heterocycles. The first-order valence-corrected chi connectivity index (χ1v) is 65.7. The zero-order chi connectivity index (χ0) is 104. The quantitative estimate of drug-likeness (QED) is 0.0189. The van der Waals surface area contributed by atoms with Crippen molar-refractivity contribution in [1.82, 2.24) is 29.9 Å². The van der Waals surface area contributed by atoms with E-state index in [9.17, 15) is 9.13 Å². The smallest absolute Gasteiger partial charge is 0.224 e. The van der Waals surface area contributed by atoms with Crippen LogP contribution in [0.25, 0.3) is 67.5 Å². The standard InChI is InChI=1S/C37H47BNSi.C32H37NOPSi.C30H33NOPSi.3C11H8N.3Ir/c1-11-12-13-15-32-23-34(39-24-35(32)40(8,9)10)31-16-14-17-33(22-31)38(36-27(4)18-25(2)19-28(36)5)37-29(6)20-26(3)21-30(37)7;1-5-6-7-10-16-27-24-31(33-25-32(27)36(2,3)4)26-17-15-22-30(23-26)35(34,28-18-11-8-12-19-28)29-20-13-9-14-21-29;1-5-6-14-25-22-29(31-23-30(25)34(2,3)4)24-15-13-20-28(21-24)33(32,26-16-9-7-10-17-26)27-18-11-8-12-19-27;3*1-2-6-10(7-3-1)11-8-4-5-9-12-11;;;/h14,17-24H,11-13,15H2,1-10H3;8-9,11-15,18-25H,5-7,10,16H2,1-4H3;7-13,16-23H,5-6,14H2,1-4H3;3*1-6,8-9H;;;/q6*-1;;;. The molecule has 0 aliphatic rings. The van der Waals surface area contributed by atoms with Crippen LogP contribution in [0.3, 0.4) is 0 Å². The van der Waals surface area contributed by atoms with Gasteiger partial charge in [0.05, 0.1) is 24.2 Å². The number of benzene rings is 12. The Morgan fingerprint density at radius 1 is 0.255 bits per heavy atom. The van der Waals surface area contributed by atoms with Gasteiger partial charge in [0.15, 0.2) is 14.3 Å². The van der Waals surface area contributed by atoms with Gasteiger partial charge in [0.25, 0.3) is 0 Å². The molecule has 769 valence electrons. The fraction of sp³-hybridized carbons (Fsp3) is 0.227. The predicted octanol–water partition coefficient (Wildman–Crippen LogP) is 27.8. The third kappa shape index (κ3) is 32.9. The molecule has 8 nitrogen and oxygen atoms in total. The molecular formula is C132H141BIr3N6O2P2Si3-6. The molecule has 0 spiro atoms. The van der Waals surface area contributed by atoms with Crippen LogP contribution in [-0.2, 0) is 88.7 Å². The molecule has 0 N–H and O–H groups in total. The number of aryl methyl sites for hydroxylation is 9. The number of hydrogen-bond donors (Lipinski definition) is 0. The van der Waals surface area contributed by atoms with Gasteiger partial charge in [-0.25, -0.2) is 0 Å². The van der Waals surface area contributed by atoms with E-state index in [1.165, 1.54) is 140 Å². The summed E-state index contributed by atoms with van der Waals surface area (Å²) in [5.41, 5.74) is 28.3. The average molecular weight is 2580 g/mol. The van der Waals surface area contributed by atoms with Gasteiger partial charge in [0, 0.05) is 119 Å². The van der Waals surface area contributed by atoms with Crippen LogP contribution in [0.2, 0.25) is 58.9 Å². The number of nitrogens with zero attached hydrogens (tertiary/aromatic N) is 6. The van der Waals surface area contributed by atoms with Crippen molar-refractivity contribution >= 4 is 109 Å². The van der Waals surface area contributed by atoms with Gasteiger partial charge in [-0.05, 0) is 148 Å². The summed E-state index contributed by atoms with van der Waals surface area (Å²) in [4.78, 5) is 27.5. The van der Waals surface area contributed by atoms with E-state index in [1.807, 2.05) is 285 Å². The minimum absolute atomic E-state index is 0. The van der Waals surface area contributed by atoms with Gasteiger partial charge in [-0.2, -0.15) is 5.46 Å².